The second kappa shape index (κ2) is 8.74. The molecule has 0 spiro atoms. The van der Waals surface area contributed by atoms with Gasteiger partial charge in [-0.3, -0.25) is 0 Å². The quantitative estimate of drug-likeness (QED) is 0.382. The van der Waals surface area contributed by atoms with E-state index >= 15 is 0 Å². The number of nitrogens with zero attached hydrogens (tertiary/aromatic N) is 4. The van der Waals surface area contributed by atoms with Crippen molar-refractivity contribution < 1.29 is 9.47 Å². The van der Waals surface area contributed by atoms with Gasteiger partial charge in [0, 0.05) is 29.4 Å². The maximum Gasteiger partial charge on any atom is 0.225 e. The fourth-order valence-corrected chi connectivity index (χ4v) is 5.84. The van der Waals surface area contributed by atoms with Crippen molar-refractivity contribution >= 4 is 39.5 Å². The number of anilines is 1. The number of methoxy groups -OCH3 is 1. The Balaban J connectivity index is 1.10. The van der Waals surface area contributed by atoms with Gasteiger partial charge in [0.1, 0.15) is 30.1 Å². The lowest BCUT2D eigenvalue weighted by atomic mass is 10.2. The first kappa shape index (κ1) is 20.6. The Morgan fingerprint density at radius 3 is 2.88 bits per heavy atom. The largest absolute Gasteiger partial charge is 0.492 e. The van der Waals surface area contributed by atoms with Gasteiger partial charge in [0.2, 0.25) is 5.88 Å². The van der Waals surface area contributed by atoms with E-state index in [0.29, 0.717) is 23.1 Å². The van der Waals surface area contributed by atoms with Crippen molar-refractivity contribution in [1.82, 2.24) is 19.5 Å². The van der Waals surface area contributed by atoms with Crippen molar-refractivity contribution in [3.8, 4) is 11.6 Å². The molecule has 0 bridgehead atoms. The highest BCUT2D eigenvalue weighted by molar-refractivity contribution is 8.00. The molecule has 0 unspecified atom stereocenters. The van der Waals surface area contributed by atoms with E-state index in [9.17, 15) is 0 Å². The van der Waals surface area contributed by atoms with Gasteiger partial charge in [0.15, 0.2) is 0 Å². The van der Waals surface area contributed by atoms with Gasteiger partial charge < -0.3 is 19.4 Å². The summed E-state index contributed by atoms with van der Waals surface area (Å²) in [6, 6.07) is 12.4. The molecule has 4 aromatic rings. The number of fused-ring (bicyclic) bond motifs is 2. The molecule has 1 saturated carbocycles. The summed E-state index contributed by atoms with van der Waals surface area (Å²) in [5.74, 6) is 3.27. The van der Waals surface area contributed by atoms with Crippen LogP contribution < -0.4 is 14.8 Å². The highest BCUT2D eigenvalue weighted by atomic mass is 32.2. The molecule has 0 amide bonds. The number of hydrogen-bond acceptors (Lipinski definition) is 7. The van der Waals surface area contributed by atoms with Crippen molar-refractivity contribution in [3.05, 3.63) is 48.9 Å². The zero-order valence-corrected chi connectivity index (χ0v) is 19.4. The number of rotatable bonds is 8. The third kappa shape index (κ3) is 4.31. The molecule has 4 heterocycles. The maximum atomic E-state index is 6.20. The van der Waals surface area contributed by atoms with E-state index in [1.165, 1.54) is 12.8 Å². The van der Waals surface area contributed by atoms with Crippen LogP contribution in [0.15, 0.2) is 48.9 Å². The summed E-state index contributed by atoms with van der Waals surface area (Å²) in [6.45, 7) is 1.70. The Labute approximate surface area is 196 Å². The molecule has 1 saturated heterocycles. The van der Waals surface area contributed by atoms with Crippen LogP contribution in [-0.4, -0.2) is 45.0 Å². The summed E-state index contributed by atoms with van der Waals surface area (Å²) in [5.41, 5.74) is 1.89. The number of benzene rings is 1. The van der Waals surface area contributed by atoms with E-state index in [4.69, 9.17) is 14.5 Å². The zero-order valence-electron chi connectivity index (χ0n) is 18.6. The Hall–Kier alpha value is -3.00. The normalized spacial score (nSPS) is 20.4. The van der Waals surface area contributed by atoms with Crippen LogP contribution in [0.25, 0.3) is 21.9 Å². The molecule has 7 nitrogen and oxygen atoms in total. The smallest absolute Gasteiger partial charge is 0.225 e. The predicted molar refractivity (Wildman–Crippen MR) is 132 cm³/mol. The van der Waals surface area contributed by atoms with Crippen LogP contribution >= 0.6 is 11.8 Å². The molecule has 0 radical (unpaired) electrons. The van der Waals surface area contributed by atoms with E-state index in [0.717, 1.165) is 58.8 Å². The highest BCUT2D eigenvalue weighted by Gasteiger charge is 2.28. The van der Waals surface area contributed by atoms with Gasteiger partial charge in [-0.05, 0) is 61.9 Å². The molecule has 8 heteroatoms. The predicted octanol–water partition coefficient (Wildman–Crippen LogP) is 5.28. The topological polar surface area (TPSA) is 74.1 Å². The van der Waals surface area contributed by atoms with E-state index in [2.05, 4.69) is 50.3 Å². The van der Waals surface area contributed by atoms with Crippen molar-refractivity contribution in [3.63, 3.8) is 0 Å². The van der Waals surface area contributed by atoms with Crippen LogP contribution in [-0.2, 0) is 0 Å². The van der Waals surface area contributed by atoms with Gasteiger partial charge in [-0.1, -0.05) is 0 Å². The minimum Gasteiger partial charge on any atom is -0.492 e. The van der Waals surface area contributed by atoms with Crippen LogP contribution in [0.2, 0.25) is 0 Å². The van der Waals surface area contributed by atoms with Gasteiger partial charge in [-0.25, -0.2) is 15.0 Å². The second-order valence-corrected chi connectivity index (χ2v) is 10.3. The number of aromatic nitrogens is 4. The number of thioether (sulfide) groups is 1. The van der Waals surface area contributed by atoms with Crippen LogP contribution in [0.5, 0.6) is 11.6 Å². The third-order valence-corrected chi connectivity index (χ3v) is 7.96. The molecule has 170 valence electrons. The van der Waals surface area contributed by atoms with Gasteiger partial charge >= 0.3 is 0 Å². The van der Waals surface area contributed by atoms with Crippen molar-refractivity contribution in [2.24, 2.45) is 5.92 Å². The van der Waals surface area contributed by atoms with Crippen LogP contribution in [0.3, 0.4) is 0 Å². The van der Waals surface area contributed by atoms with Crippen molar-refractivity contribution in [2.45, 2.75) is 36.3 Å². The average molecular weight is 462 g/mol. The van der Waals surface area contributed by atoms with Gasteiger partial charge in [-0.2, -0.15) is 0 Å². The molecule has 33 heavy (non-hydrogen) atoms. The first-order valence-corrected chi connectivity index (χ1v) is 12.5. The summed E-state index contributed by atoms with van der Waals surface area (Å²) < 4.78 is 13.8. The number of pyridine rings is 1. The molecular weight excluding hydrogens is 434 g/mol. The lowest BCUT2D eigenvalue weighted by Gasteiger charge is -2.15. The summed E-state index contributed by atoms with van der Waals surface area (Å²) in [7, 11) is 1.64. The summed E-state index contributed by atoms with van der Waals surface area (Å²) in [4.78, 5) is 13.5. The first-order valence-electron chi connectivity index (χ1n) is 11.6. The van der Waals surface area contributed by atoms with Crippen LogP contribution in [0.1, 0.15) is 31.1 Å². The maximum absolute atomic E-state index is 6.20. The zero-order chi connectivity index (χ0) is 22.2. The molecule has 6 rings (SSSR count). The first-order chi connectivity index (χ1) is 16.3. The minimum absolute atomic E-state index is 0.342. The fraction of sp³-hybridized carbons (Fsp3) is 0.400. The SMILES string of the molecule is COc1ncnc2c1ccn2[C@H]1CC[C@@H](COc2ccc3ccc(NCC4CC4)nc3c2)S1. The Morgan fingerprint density at radius 1 is 1.09 bits per heavy atom. The highest BCUT2D eigenvalue weighted by Crippen LogP contribution is 2.43. The Bertz CT molecular complexity index is 1290. The molecule has 1 aliphatic carbocycles. The number of nitrogens with one attached hydrogen (secondary N) is 1. The Morgan fingerprint density at radius 2 is 2.00 bits per heavy atom. The fourth-order valence-electron chi connectivity index (χ4n) is 4.40. The minimum atomic E-state index is 0.342. The standard InChI is InChI=1S/C25H27N5O2S/c1-31-25-20-10-11-30(24(20)27-15-28-25)23-9-7-19(33-23)14-32-18-6-4-17-5-8-22(29-21(17)12-18)26-13-16-2-3-16/h4-6,8,10-12,15-16,19,23H,2-3,7,9,13-14H2,1H3,(H,26,29)/t19-,23+/m0/s1. The van der Waals surface area contributed by atoms with Gasteiger partial charge in [0.05, 0.1) is 23.4 Å². The van der Waals surface area contributed by atoms with E-state index in [1.807, 2.05) is 23.9 Å². The Kier molecular flexibility index (Phi) is 5.46. The lowest BCUT2D eigenvalue weighted by Crippen LogP contribution is -2.11. The van der Waals surface area contributed by atoms with Crippen molar-refractivity contribution in [1.29, 1.82) is 0 Å². The van der Waals surface area contributed by atoms with Gasteiger partial charge in [-0.15, -0.1) is 11.8 Å². The molecular formula is C25H27N5O2S. The molecule has 1 aromatic carbocycles. The molecule has 1 aliphatic heterocycles. The van der Waals surface area contributed by atoms with Gasteiger partial charge in [0.25, 0.3) is 0 Å². The molecule has 1 N–H and O–H groups in total. The van der Waals surface area contributed by atoms with Crippen molar-refractivity contribution in [2.75, 3.05) is 25.6 Å². The summed E-state index contributed by atoms with van der Waals surface area (Å²) in [5, 5.41) is 6.32. The monoisotopic (exact) mass is 461 g/mol. The van der Waals surface area contributed by atoms with Crippen LogP contribution in [0, 0.1) is 5.92 Å². The van der Waals surface area contributed by atoms with E-state index in [1.54, 1.807) is 13.4 Å². The summed E-state index contributed by atoms with van der Waals surface area (Å²) >= 11 is 1.95. The molecule has 2 fully saturated rings. The molecule has 2 atom stereocenters. The third-order valence-electron chi connectivity index (χ3n) is 6.43. The average Bonchev–Trinajstić information content (AvgIpc) is 3.39. The molecule has 2 aliphatic rings. The number of ether oxygens (including phenoxy) is 2. The second-order valence-electron chi connectivity index (χ2n) is 8.82. The molecule has 3 aromatic heterocycles. The van der Waals surface area contributed by atoms with E-state index in [-0.39, 0.29) is 0 Å². The number of hydrogen-bond donors (Lipinski definition) is 1. The lowest BCUT2D eigenvalue weighted by molar-refractivity contribution is 0.314. The van der Waals surface area contributed by atoms with E-state index < -0.39 is 0 Å². The summed E-state index contributed by atoms with van der Waals surface area (Å²) in [6.07, 6.45) is 8.52. The van der Waals surface area contributed by atoms with Crippen LogP contribution in [0.4, 0.5) is 5.82 Å².